The van der Waals surface area contributed by atoms with Crippen molar-refractivity contribution in [3.05, 3.63) is 34.1 Å². The molecule has 0 fully saturated rings. The Labute approximate surface area is 91.6 Å². The van der Waals surface area contributed by atoms with Gasteiger partial charge in [0, 0.05) is 22.5 Å². The van der Waals surface area contributed by atoms with Crippen LogP contribution in [0.25, 0.3) is 0 Å². The lowest BCUT2D eigenvalue weighted by molar-refractivity contribution is 0.567. The van der Waals surface area contributed by atoms with Crippen molar-refractivity contribution in [2.75, 3.05) is 0 Å². The quantitative estimate of drug-likeness (QED) is 0.826. The molecule has 14 heavy (non-hydrogen) atoms. The molecule has 3 heteroatoms. The first-order valence-corrected chi connectivity index (χ1v) is 5.08. The van der Waals surface area contributed by atoms with E-state index < -0.39 is 0 Å². The summed E-state index contributed by atoms with van der Waals surface area (Å²) in [7, 11) is 0. The molecule has 1 unspecified atom stereocenters. The van der Waals surface area contributed by atoms with E-state index in [9.17, 15) is 4.39 Å². The number of nitrogens with two attached hydrogens (primary N) is 1. The van der Waals surface area contributed by atoms with E-state index in [1.807, 2.05) is 0 Å². The number of terminal acetylenes is 1. The zero-order chi connectivity index (χ0) is 10.6. The van der Waals surface area contributed by atoms with Gasteiger partial charge in [0.15, 0.2) is 0 Å². The Balaban J connectivity index is 2.83. The Morgan fingerprint density at radius 3 is 2.93 bits per heavy atom. The summed E-state index contributed by atoms with van der Waals surface area (Å²) in [6.45, 7) is 0. The molecule has 0 aliphatic rings. The van der Waals surface area contributed by atoms with E-state index in [1.54, 1.807) is 12.1 Å². The highest BCUT2D eigenvalue weighted by molar-refractivity contribution is 9.10. The number of rotatable bonds is 3. The van der Waals surface area contributed by atoms with E-state index in [2.05, 4.69) is 21.9 Å². The fourth-order valence-corrected chi connectivity index (χ4v) is 1.57. The van der Waals surface area contributed by atoms with Gasteiger partial charge in [-0.2, -0.15) is 0 Å². The van der Waals surface area contributed by atoms with Gasteiger partial charge in [0.05, 0.1) is 0 Å². The summed E-state index contributed by atoms with van der Waals surface area (Å²) in [5.74, 6) is 2.21. The third kappa shape index (κ3) is 2.83. The molecule has 0 spiro atoms. The molecule has 0 bridgehead atoms. The molecule has 0 heterocycles. The maximum absolute atomic E-state index is 13.3. The summed E-state index contributed by atoms with van der Waals surface area (Å²) in [5.41, 5.74) is 6.30. The maximum Gasteiger partial charge on any atom is 0.128 e. The smallest absolute Gasteiger partial charge is 0.128 e. The summed E-state index contributed by atoms with van der Waals surface area (Å²) in [4.78, 5) is 0. The zero-order valence-electron chi connectivity index (χ0n) is 7.63. The number of halogens is 2. The molecule has 0 saturated carbocycles. The van der Waals surface area contributed by atoms with Gasteiger partial charge >= 0.3 is 0 Å². The Bertz CT molecular complexity index is 357. The van der Waals surface area contributed by atoms with Crippen LogP contribution < -0.4 is 5.73 Å². The molecule has 0 aliphatic carbocycles. The second-order valence-corrected chi connectivity index (χ2v) is 3.93. The molecule has 1 nitrogen and oxygen atoms in total. The van der Waals surface area contributed by atoms with Crippen LogP contribution in [0.15, 0.2) is 22.7 Å². The zero-order valence-corrected chi connectivity index (χ0v) is 9.22. The van der Waals surface area contributed by atoms with Gasteiger partial charge in [-0.1, -0.05) is 15.9 Å². The van der Waals surface area contributed by atoms with Gasteiger partial charge < -0.3 is 5.73 Å². The van der Waals surface area contributed by atoms with Crippen molar-refractivity contribution in [1.29, 1.82) is 0 Å². The summed E-state index contributed by atoms with van der Waals surface area (Å²) >= 11 is 3.27. The lowest BCUT2D eigenvalue weighted by Crippen LogP contribution is -2.11. The Hall–Kier alpha value is -0.850. The van der Waals surface area contributed by atoms with E-state index in [0.717, 1.165) is 4.47 Å². The van der Waals surface area contributed by atoms with Crippen molar-refractivity contribution in [3.63, 3.8) is 0 Å². The number of hydrogen-bond acceptors (Lipinski definition) is 1. The predicted molar refractivity (Wildman–Crippen MR) is 59.1 cm³/mol. The minimum atomic E-state index is -0.330. The first-order valence-electron chi connectivity index (χ1n) is 4.29. The molecule has 0 aromatic heterocycles. The van der Waals surface area contributed by atoms with Crippen molar-refractivity contribution in [2.24, 2.45) is 5.73 Å². The summed E-state index contributed by atoms with van der Waals surface area (Å²) < 4.78 is 14.1. The third-order valence-corrected chi connectivity index (χ3v) is 2.45. The topological polar surface area (TPSA) is 26.0 Å². The minimum absolute atomic E-state index is 0.280. The molecule has 0 amide bonds. The molecule has 1 atom stereocenters. The molecule has 1 rings (SSSR count). The van der Waals surface area contributed by atoms with Crippen molar-refractivity contribution >= 4 is 15.9 Å². The predicted octanol–water partition coefficient (Wildman–Crippen LogP) is 3.00. The van der Waals surface area contributed by atoms with Crippen LogP contribution >= 0.6 is 15.9 Å². The van der Waals surface area contributed by atoms with Crippen LogP contribution in [-0.2, 0) is 0 Å². The van der Waals surface area contributed by atoms with Crippen LogP contribution in [0.3, 0.4) is 0 Å². The van der Waals surface area contributed by atoms with Crippen molar-refractivity contribution in [1.82, 2.24) is 0 Å². The monoisotopic (exact) mass is 255 g/mol. The standard InChI is InChI=1S/C11H11BrFN/c1-2-3-4-11(14)9-7-8(12)5-6-10(9)13/h1,5-7,11H,3-4,14H2. The first-order chi connectivity index (χ1) is 6.65. The normalized spacial score (nSPS) is 12.1. The summed E-state index contributed by atoms with van der Waals surface area (Å²) in [6, 6.07) is 4.40. The molecule has 0 saturated heterocycles. The van der Waals surface area contributed by atoms with Gasteiger partial charge in [0.1, 0.15) is 5.82 Å². The molecule has 1 aromatic carbocycles. The lowest BCUT2D eigenvalue weighted by Gasteiger charge is -2.11. The second-order valence-electron chi connectivity index (χ2n) is 3.02. The van der Waals surface area contributed by atoms with Crippen LogP contribution in [0.4, 0.5) is 4.39 Å². The molecule has 0 radical (unpaired) electrons. The van der Waals surface area contributed by atoms with Crippen LogP contribution in [0, 0.1) is 18.2 Å². The molecular formula is C11H11BrFN. The molecule has 74 valence electrons. The molecule has 0 aliphatic heterocycles. The minimum Gasteiger partial charge on any atom is -0.324 e. The lowest BCUT2D eigenvalue weighted by atomic mass is 10.0. The Morgan fingerprint density at radius 1 is 1.57 bits per heavy atom. The fraction of sp³-hybridized carbons (Fsp3) is 0.273. The van der Waals surface area contributed by atoms with Gasteiger partial charge in [-0.25, -0.2) is 4.39 Å². The van der Waals surface area contributed by atoms with Gasteiger partial charge in [-0.15, -0.1) is 12.3 Å². The van der Waals surface area contributed by atoms with Gasteiger partial charge in [-0.05, 0) is 24.6 Å². The third-order valence-electron chi connectivity index (χ3n) is 1.96. The van der Waals surface area contributed by atoms with Crippen LogP contribution in [0.5, 0.6) is 0 Å². The van der Waals surface area contributed by atoms with E-state index in [-0.39, 0.29) is 11.9 Å². The van der Waals surface area contributed by atoms with Gasteiger partial charge in [0.2, 0.25) is 0 Å². The van der Waals surface area contributed by atoms with Crippen molar-refractivity contribution in [2.45, 2.75) is 18.9 Å². The SMILES string of the molecule is C#CCCC(N)c1cc(Br)ccc1F. The highest BCUT2D eigenvalue weighted by Gasteiger charge is 2.10. The molecule has 2 N–H and O–H groups in total. The van der Waals surface area contributed by atoms with Crippen molar-refractivity contribution in [3.8, 4) is 12.3 Å². The molecular weight excluding hydrogens is 245 g/mol. The maximum atomic E-state index is 13.3. The van der Waals surface area contributed by atoms with Gasteiger partial charge in [0.25, 0.3) is 0 Å². The summed E-state index contributed by atoms with van der Waals surface area (Å²) in [5, 5.41) is 0. The van der Waals surface area contributed by atoms with E-state index in [0.29, 0.717) is 18.4 Å². The molecule has 1 aromatic rings. The average Bonchev–Trinajstić information content (AvgIpc) is 2.18. The van der Waals surface area contributed by atoms with E-state index in [4.69, 9.17) is 12.2 Å². The highest BCUT2D eigenvalue weighted by Crippen LogP contribution is 2.22. The largest absolute Gasteiger partial charge is 0.324 e. The average molecular weight is 256 g/mol. The number of hydrogen-bond donors (Lipinski definition) is 1. The first kappa shape index (κ1) is 11.2. The Kier molecular flexibility index (Phi) is 4.12. The number of benzene rings is 1. The Morgan fingerprint density at radius 2 is 2.29 bits per heavy atom. The summed E-state index contributed by atoms with van der Waals surface area (Å²) in [6.07, 6.45) is 6.28. The van der Waals surface area contributed by atoms with Crippen LogP contribution in [0.1, 0.15) is 24.4 Å². The van der Waals surface area contributed by atoms with Crippen LogP contribution in [-0.4, -0.2) is 0 Å². The van der Waals surface area contributed by atoms with E-state index in [1.165, 1.54) is 6.07 Å². The highest BCUT2D eigenvalue weighted by atomic mass is 79.9. The fourth-order valence-electron chi connectivity index (χ4n) is 1.19. The van der Waals surface area contributed by atoms with Crippen LogP contribution in [0.2, 0.25) is 0 Å². The second kappa shape index (κ2) is 5.14. The van der Waals surface area contributed by atoms with Gasteiger partial charge in [-0.3, -0.25) is 0 Å². The van der Waals surface area contributed by atoms with E-state index >= 15 is 0 Å². The van der Waals surface area contributed by atoms with Crippen molar-refractivity contribution < 1.29 is 4.39 Å².